The SMILES string of the molecule is Cc1ccccc1S(=O)(=O)n1ccc2c(OCCN(C)OC(=O)C(F)(F)F)cccc21. The molecule has 11 heteroatoms. The van der Waals surface area contributed by atoms with Gasteiger partial charge in [-0.15, -0.1) is 5.06 Å². The minimum absolute atomic E-state index is 0.101. The normalized spacial score (nSPS) is 12.3. The first-order valence-electron chi connectivity index (χ1n) is 9.06. The highest BCUT2D eigenvalue weighted by Gasteiger charge is 2.42. The van der Waals surface area contributed by atoms with Gasteiger partial charge >= 0.3 is 12.1 Å². The van der Waals surface area contributed by atoms with Crippen LogP contribution < -0.4 is 4.74 Å². The maximum atomic E-state index is 13.1. The number of hydrogen-bond acceptors (Lipinski definition) is 6. The molecular weight excluding hydrogens is 437 g/mol. The number of halogens is 3. The zero-order chi connectivity index (χ0) is 22.8. The molecular formula is C20H19F3N2O5S. The smallest absolute Gasteiger partial charge is 0.491 e. The number of alkyl halides is 3. The Morgan fingerprint density at radius 3 is 2.48 bits per heavy atom. The number of nitrogens with zero attached hydrogens (tertiary/aromatic N) is 2. The van der Waals surface area contributed by atoms with Gasteiger partial charge in [0, 0.05) is 18.6 Å². The van der Waals surface area contributed by atoms with Crippen molar-refractivity contribution in [3.8, 4) is 5.75 Å². The topological polar surface area (TPSA) is 77.8 Å². The molecule has 31 heavy (non-hydrogen) atoms. The molecule has 7 nitrogen and oxygen atoms in total. The van der Waals surface area contributed by atoms with Gasteiger partial charge in [0.1, 0.15) is 12.4 Å². The van der Waals surface area contributed by atoms with E-state index in [2.05, 4.69) is 4.84 Å². The van der Waals surface area contributed by atoms with Crippen LogP contribution in [0.2, 0.25) is 0 Å². The van der Waals surface area contributed by atoms with Crippen LogP contribution in [0.25, 0.3) is 10.9 Å². The van der Waals surface area contributed by atoms with Crippen molar-refractivity contribution < 1.29 is 36.0 Å². The van der Waals surface area contributed by atoms with Gasteiger partial charge in [-0.25, -0.2) is 17.2 Å². The standard InChI is InChI=1S/C20H19F3N2O5S/c1-14-6-3-4-9-18(14)31(27,28)25-11-10-15-16(25)7-5-8-17(15)29-13-12-24(2)30-19(26)20(21,22)23/h3-11H,12-13H2,1-2H3. The van der Waals surface area contributed by atoms with Gasteiger partial charge in [-0.3, -0.25) is 0 Å². The Morgan fingerprint density at radius 2 is 1.81 bits per heavy atom. The average Bonchev–Trinajstić information content (AvgIpc) is 3.13. The van der Waals surface area contributed by atoms with Gasteiger partial charge in [-0.05, 0) is 36.8 Å². The van der Waals surface area contributed by atoms with E-state index in [0.29, 0.717) is 27.3 Å². The van der Waals surface area contributed by atoms with Crippen LogP contribution in [-0.4, -0.2) is 49.8 Å². The molecule has 0 fully saturated rings. The highest BCUT2D eigenvalue weighted by Crippen LogP contribution is 2.30. The highest BCUT2D eigenvalue weighted by atomic mass is 32.2. The highest BCUT2D eigenvalue weighted by molar-refractivity contribution is 7.90. The van der Waals surface area contributed by atoms with Crippen LogP contribution in [0, 0.1) is 6.92 Å². The molecule has 1 aromatic heterocycles. The predicted octanol–water partition coefficient (Wildman–Crippen LogP) is 3.52. The third kappa shape index (κ3) is 4.83. The minimum atomic E-state index is -5.09. The molecule has 0 N–H and O–H groups in total. The fraction of sp³-hybridized carbons (Fsp3) is 0.250. The summed E-state index contributed by atoms with van der Waals surface area (Å²) in [4.78, 5) is 15.2. The molecule has 0 aliphatic carbocycles. The molecule has 0 bridgehead atoms. The first-order chi connectivity index (χ1) is 14.5. The van der Waals surface area contributed by atoms with Crippen LogP contribution in [0.1, 0.15) is 5.56 Å². The second-order valence-electron chi connectivity index (χ2n) is 6.65. The van der Waals surface area contributed by atoms with E-state index in [1.165, 1.54) is 19.3 Å². The molecule has 0 amide bonds. The Bertz CT molecular complexity index is 1200. The van der Waals surface area contributed by atoms with E-state index in [-0.39, 0.29) is 18.0 Å². The van der Waals surface area contributed by atoms with E-state index in [9.17, 15) is 26.4 Å². The van der Waals surface area contributed by atoms with E-state index in [1.807, 2.05) is 0 Å². The first-order valence-corrected chi connectivity index (χ1v) is 10.5. The molecule has 0 unspecified atom stereocenters. The van der Waals surface area contributed by atoms with Crippen molar-refractivity contribution in [3.05, 3.63) is 60.3 Å². The Labute approximate surface area is 176 Å². The first kappa shape index (κ1) is 22.6. The monoisotopic (exact) mass is 456 g/mol. The number of hydroxylamine groups is 2. The maximum absolute atomic E-state index is 13.1. The quantitative estimate of drug-likeness (QED) is 0.507. The van der Waals surface area contributed by atoms with Crippen molar-refractivity contribution in [2.45, 2.75) is 18.0 Å². The number of likely N-dealkylation sites (N-methyl/N-ethyl adjacent to an activating group) is 1. The van der Waals surface area contributed by atoms with Crippen molar-refractivity contribution in [3.63, 3.8) is 0 Å². The average molecular weight is 456 g/mol. The second-order valence-corrected chi connectivity index (χ2v) is 8.43. The molecule has 0 atom stereocenters. The largest absolute Gasteiger partial charge is 0.492 e. The summed E-state index contributed by atoms with van der Waals surface area (Å²) in [5, 5.41) is 1.22. The lowest BCUT2D eigenvalue weighted by atomic mass is 10.2. The lowest BCUT2D eigenvalue weighted by Crippen LogP contribution is -2.34. The lowest BCUT2D eigenvalue weighted by molar-refractivity contribution is -0.234. The summed E-state index contributed by atoms with van der Waals surface area (Å²) >= 11 is 0. The van der Waals surface area contributed by atoms with Crippen molar-refractivity contribution in [2.24, 2.45) is 0 Å². The van der Waals surface area contributed by atoms with E-state index < -0.39 is 22.2 Å². The fourth-order valence-electron chi connectivity index (χ4n) is 2.93. The molecule has 3 rings (SSSR count). The Morgan fingerprint density at radius 1 is 1.10 bits per heavy atom. The van der Waals surface area contributed by atoms with Crippen molar-refractivity contribution in [1.29, 1.82) is 0 Å². The third-order valence-corrected chi connectivity index (χ3v) is 6.27. The van der Waals surface area contributed by atoms with Crippen LogP contribution in [-0.2, 0) is 19.7 Å². The number of fused-ring (bicyclic) bond motifs is 1. The molecule has 0 saturated carbocycles. The second kappa shape index (κ2) is 8.60. The number of carbonyl (C=O) groups excluding carboxylic acids is 1. The van der Waals surface area contributed by atoms with Gasteiger partial charge in [-0.1, -0.05) is 24.3 Å². The number of aryl methyl sites for hydroxylation is 1. The number of rotatable bonds is 7. The number of hydrogen-bond donors (Lipinski definition) is 0. The van der Waals surface area contributed by atoms with Gasteiger partial charge in [0.15, 0.2) is 0 Å². The van der Waals surface area contributed by atoms with Gasteiger partial charge in [0.05, 0.1) is 17.0 Å². The van der Waals surface area contributed by atoms with Crippen LogP contribution in [0.15, 0.2) is 59.6 Å². The van der Waals surface area contributed by atoms with Crippen molar-refractivity contribution in [2.75, 3.05) is 20.2 Å². The minimum Gasteiger partial charge on any atom is -0.491 e. The van der Waals surface area contributed by atoms with Crippen LogP contribution in [0.3, 0.4) is 0 Å². The van der Waals surface area contributed by atoms with Gasteiger partial charge < -0.3 is 9.57 Å². The third-order valence-electron chi connectivity index (χ3n) is 4.42. The summed E-state index contributed by atoms with van der Waals surface area (Å²) < 4.78 is 69.6. The number of carbonyl (C=O) groups is 1. The zero-order valence-corrected chi connectivity index (χ0v) is 17.4. The van der Waals surface area contributed by atoms with E-state index in [0.717, 1.165) is 3.97 Å². The van der Waals surface area contributed by atoms with E-state index in [4.69, 9.17) is 4.74 Å². The molecule has 2 aromatic carbocycles. The van der Waals surface area contributed by atoms with Crippen molar-refractivity contribution in [1.82, 2.24) is 9.04 Å². The fourth-order valence-corrected chi connectivity index (χ4v) is 4.50. The number of benzene rings is 2. The molecule has 0 spiro atoms. The summed E-state index contributed by atoms with van der Waals surface area (Å²) in [7, 11) is -2.68. The summed E-state index contributed by atoms with van der Waals surface area (Å²) in [5.74, 6) is -1.98. The summed E-state index contributed by atoms with van der Waals surface area (Å²) in [6.45, 7) is 1.46. The molecule has 0 aliphatic rings. The van der Waals surface area contributed by atoms with Crippen molar-refractivity contribution >= 4 is 26.9 Å². The Balaban J connectivity index is 1.77. The Kier molecular flexibility index (Phi) is 6.27. The molecule has 0 aliphatic heterocycles. The molecule has 166 valence electrons. The van der Waals surface area contributed by atoms with Crippen LogP contribution in [0.4, 0.5) is 13.2 Å². The maximum Gasteiger partial charge on any atom is 0.492 e. The van der Waals surface area contributed by atoms with Crippen LogP contribution in [0.5, 0.6) is 5.75 Å². The summed E-state index contributed by atoms with van der Waals surface area (Å²) in [5.41, 5.74) is 0.991. The number of ether oxygens (including phenoxy) is 1. The molecule has 0 radical (unpaired) electrons. The number of aromatic nitrogens is 1. The van der Waals surface area contributed by atoms with Gasteiger partial charge in [0.2, 0.25) is 0 Å². The predicted molar refractivity (Wildman–Crippen MR) is 106 cm³/mol. The molecule has 0 saturated heterocycles. The van der Waals surface area contributed by atoms with Gasteiger partial charge in [-0.2, -0.15) is 13.2 Å². The van der Waals surface area contributed by atoms with Gasteiger partial charge in [0.25, 0.3) is 10.0 Å². The van der Waals surface area contributed by atoms with E-state index in [1.54, 1.807) is 49.4 Å². The summed E-state index contributed by atoms with van der Waals surface area (Å²) in [6, 6.07) is 13.0. The molecule has 3 aromatic rings. The molecule has 1 heterocycles. The van der Waals surface area contributed by atoms with E-state index >= 15 is 0 Å². The van der Waals surface area contributed by atoms with Crippen LogP contribution >= 0.6 is 0 Å². The lowest BCUT2D eigenvalue weighted by Gasteiger charge is -2.17. The summed E-state index contributed by atoms with van der Waals surface area (Å²) in [6.07, 6.45) is -3.68. The Hall–Kier alpha value is -3.05. The zero-order valence-electron chi connectivity index (χ0n) is 16.6.